The summed E-state index contributed by atoms with van der Waals surface area (Å²) in [6.45, 7) is 3.60. The highest BCUT2D eigenvalue weighted by atomic mass is 16.1. The summed E-state index contributed by atoms with van der Waals surface area (Å²) in [6.07, 6.45) is 3.95. The molecule has 1 aromatic carbocycles. The fourth-order valence-electron chi connectivity index (χ4n) is 2.04. The Kier molecular flexibility index (Phi) is 3.05. The van der Waals surface area contributed by atoms with Crippen molar-refractivity contribution in [3.63, 3.8) is 0 Å². The Hall–Kier alpha value is -1.96. The molecular formula is C15H14O2. The largest absolute Gasteiger partial charge is 0.294 e. The van der Waals surface area contributed by atoms with Crippen molar-refractivity contribution in [2.45, 2.75) is 20.3 Å². The fourth-order valence-corrected chi connectivity index (χ4v) is 2.04. The van der Waals surface area contributed by atoms with Crippen molar-refractivity contribution in [3.05, 3.63) is 52.6 Å². The summed E-state index contributed by atoms with van der Waals surface area (Å²) in [5, 5.41) is 0. The van der Waals surface area contributed by atoms with Crippen LogP contribution < -0.4 is 0 Å². The van der Waals surface area contributed by atoms with Crippen molar-refractivity contribution >= 4 is 17.6 Å². The molecule has 0 radical (unpaired) electrons. The molecule has 0 aliphatic heterocycles. The van der Waals surface area contributed by atoms with E-state index >= 15 is 0 Å². The maximum Gasteiger partial charge on any atom is 0.194 e. The minimum Gasteiger partial charge on any atom is -0.294 e. The summed E-state index contributed by atoms with van der Waals surface area (Å²) < 4.78 is 0. The summed E-state index contributed by atoms with van der Waals surface area (Å²) in [6, 6.07) is 7.37. The van der Waals surface area contributed by atoms with Gasteiger partial charge in [-0.25, -0.2) is 0 Å². The molecule has 0 saturated carbocycles. The van der Waals surface area contributed by atoms with Gasteiger partial charge in [0.1, 0.15) is 0 Å². The number of allylic oxidation sites excluding steroid dienone is 3. The van der Waals surface area contributed by atoms with E-state index < -0.39 is 0 Å². The zero-order chi connectivity index (χ0) is 12.4. The number of hydrogen-bond donors (Lipinski definition) is 0. The average molecular weight is 226 g/mol. The first-order valence-electron chi connectivity index (χ1n) is 5.74. The van der Waals surface area contributed by atoms with Crippen LogP contribution in [0.3, 0.4) is 0 Å². The van der Waals surface area contributed by atoms with Crippen molar-refractivity contribution in [2.75, 3.05) is 0 Å². The molecular weight excluding hydrogens is 212 g/mol. The van der Waals surface area contributed by atoms with E-state index in [2.05, 4.69) is 0 Å². The molecule has 0 saturated heterocycles. The molecule has 2 rings (SSSR count). The van der Waals surface area contributed by atoms with Gasteiger partial charge in [-0.2, -0.15) is 0 Å². The molecule has 86 valence electrons. The fraction of sp³-hybridized carbons (Fsp3) is 0.200. The molecule has 2 nitrogen and oxygen atoms in total. The van der Waals surface area contributed by atoms with E-state index in [0.717, 1.165) is 5.56 Å². The number of ketones is 2. The van der Waals surface area contributed by atoms with Crippen LogP contribution in [-0.4, -0.2) is 11.6 Å². The summed E-state index contributed by atoms with van der Waals surface area (Å²) >= 11 is 0. The van der Waals surface area contributed by atoms with Gasteiger partial charge in [-0.15, -0.1) is 0 Å². The third-order valence-electron chi connectivity index (χ3n) is 2.95. The van der Waals surface area contributed by atoms with E-state index in [-0.39, 0.29) is 11.6 Å². The van der Waals surface area contributed by atoms with Gasteiger partial charge in [-0.1, -0.05) is 37.3 Å². The highest BCUT2D eigenvalue weighted by Gasteiger charge is 2.25. The van der Waals surface area contributed by atoms with Crippen molar-refractivity contribution in [2.24, 2.45) is 0 Å². The van der Waals surface area contributed by atoms with E-state index in [1.807, 2.05) is 24.3 Å². The van der Waals surface area contributed by atoms with Gasteiger partial charge in [0.05, 0.1) is 0 Å². The summed E-state index contributed by atoms with van der Waals surface area (Å²) in [4.78, 5) is 24.0. The molecule has 0 heterocycles. The molecule has 2 heteroatoms. The predicted octanol–water partition coefficient (Wildman–Crippen LogP) is 3.19. The summed E-state index contributed by atoms with van der Waals surface area (Å²) in [5.41, 5.74) is 2.57. The van der Waals surface area contributed by atoms with Crippen molar-refractivity contribution < 1.29 is 9.59 Å². The number of carbonyl (C=O) groups is 2. The lowest BCUT2D eigenvalue weighted by Crippen LogP contribution is -2.17. The lowest BCUT2D eigenvalue weighted by Gasteiger charge is -2.17. The lowest BCUT2D eigenvalue weighted by molar-refractivity contribution is -0.115. The SMILES string of the molecule is C/C=C1/C(=O)c2ccccc2C=C1C(=O)CC. The van der Waals surface area contributed by atoms with E-state index in [4.69, 9.17) is 0 Å². The Labute approximate surface area is 101 Å². The second-order valence-corrected chi connectivity index (χ2v) is 3.95. The molecule has 0 unspecified atom stereocenters. The van der Waals surface area contributed by atoms with E-state index in [1.54, 1.807) is 26.0 Å². The van der Waals surface area contributed by atoms with E-state index in [0.29, 0.717) is 23.1 Å². The Morgan fingerprint density at radius 2 is 2.00 bits per heavy atom. The number of benzene rings is 1. The van der Waals surface area contributed by atoms with Crippen molar-refractivity contribution in [1.29, 1.82) is 0 Å². The summed E-state index contributed by atoms with van der Waals surface area (Å²) in [5.74, 6) is -0.0386. The van der Waals surface area contributed by atoms with Crippen LogP contribution in [0.5, 0.6) is 0 Å². The van der Waals surface area contributed by atoms with Gasteiger partial charge in [0.2, 0.25) is 0 Å². The van der Waals surface area contributed by atoms with Crippen LogP contribution in [0, 0.1) is 0 Å². The zero-order valence-electron chi connectivity index (χ0n) is 9.99. The number of carbonyl (C=O) groups excluding carboxylic acids is 2. The van der Waals surface area contributed by atoms with Gasteiger partial charge < -0.3 is 0 Å². The monoisotopic (exact) mass is 226 g/mol. The van der Waals surface area contributed by atoms with Gasteiger partial charge >= 0.3 is 0 Å². The standard InChI is InChI=1S/C15H14O2/c1-3-11-13(14(16)4-2)9-10-7-5-6-8-12(10)15(11)17/h3,5-9H,4H2,1-2H3/b11-3+. The molecule has 0 fully saturated rings. The van der Waals surface area contributed by atoms with E-state index in [1.165, 1.54) is 0 Å². The first-order valence-corrected chi connectivity index (χ1v) is 5.74. The predicted molar refractivity (Wildman–Crippen MR) is 67.8 cm³/mol. The summed E-state index contributed by atoms with van der Waals surface area (Å²) in [7, 11) is 0. The van der Waals surface area contributed by atoms with Gasteiger partial charge in [-0.3, -0.25) is 9.59 Å². The zero-order valence-corrected chi connectivity index (χ0v) is 9.99. The molecule has 0 N–H and O–H groups in total. The Balaban J connectivity index is 2.64. The minimum atomic E-state index is -0.0533. The number of fused-ring (bicyclic) bond motifs is 1. The third-order valence-corrected chi connectivity index (χ3v) is 2.95. The molecule has 1 aliphatic rings. The van der Waals surface area contributed by atoms with Crippen LogP contribution in [0.2, 0.25) is 0 Å². The average Bonchev–Trinajstić information content (AvgIpc) is 2.37. The number of hydrogen-bond acceptors (Lipinski definition) is 2. The Morgan fingerprint density at radius 1 is 1.29 bits per heavy atom. The maximum absolute atomic E-state index is 12.2. The Morgan fingerprint density at radius 3 is 2.65 bits per heavy atom. The van der Waals surface area contributed by atoms with Crippen molar-refractivity contribution in [3.8, 4) is 0 Å². The second-order valence-electron chi connectivity index (χ2n) is 3.95. The maximum atomic E-state index is 12.2. The molecule has 17 heavy (non-hydrogen) atoms. The molecule has 0 amide bonds. The molecule has 0 bridgehead atoms. The smallest absolute Gasteiger partial charge is 0.194 e. The quantitative estimate of drug-likeness (QED) is 0.726. The van der Waals surface area contributed by atoms with Gasteiger partial charge in [0.15, 0.2) is 11.6 Å². The normalized spacial score (nSPS) is 16.7. The first-order chi connectivity index (χ1) is 8.19. The molecule has 0 spiro atoms. The second kappa shape index (κ2) is 4.50. The number of Topliss-reactive ketones (excluding diaryl/α,β-unsaturated/α-hetero) is 2. The van der Waals surface area contributed by atoms with Crippen LogP contribution in [0.25, 0.3) is 6.08 Å². The Bertz CT molecular complexity index is 548. The lowest BCUT2D eigenvalue weighted by atomic mass is 9.84. The van der Waals surface area contributed by atoms with Crippen LogP contribution in [0.1, 0.15) is 36.2 Å². The van der Waals surface area contributed by atoms with Gasteiger partial charge in [-0.05, 0) is 18.6 Å². The minimum absolute atomic E-state index is 0.0148. The van der Waals surface area contributed by atoms with E-state index in [9.17, 15) is 9.59 Å². The van der Waals surface area contributed by atoms with Crippen LogP contribution in [0.15, 0.2) is 41.5 Å². The van der Waals surface area contributed by atoms with Gasteiger partial charge in [0.25, 0.3) is 0 Å². The molecule has 1 aromatic rings. The third kappa shape index (κ3) is 1.86. The highest BCUT2D eigenvalue weighted by Crippen LogP contribution is 2.29. The highest BCUT2D eigenvalue weighted by molar-refractivity contribution is 6.24. The number of rotatable bonds is 2. The van der Waals surface area contributed by atoms with Gasteiger partial charge in [0, 0.05) is 23.1 Å². The van der Waals surface area contributed by atoms with Crippen LogP contribution >= 0.6 is 0 Å². The first kappa shape index (κ1) is 11.5. The molecule has 0 atom stereocenters. The van der Waals surface area contributed by atoms with Crippen molar-refractivity contribution in [1.82, 2.24) is 0 Å². The topological polar surface area (TPSA) is 34.1 Å². The van der Waals surface area contributed by atoms with Crippen LogP contribution in [-0.2, 0) is 4.79 Å². The van der Waals surface area contributed by atoms with Crippen LogP contribution in [0.4, 0.5) is 0 Å². The molecule has 0 aromatic heterocycles. The molecule has 1 aliphatic carbocycles.